The summed E-state index contributed by atoms with van der Waals surface area (Å²) in [5.74, 6) is -0.825. The normalized spacial score (nSPS) is 22.1. The van der Waals surface area contributed by atoms with Crippen LogP contribution < -0.4 is 0 Å². The van der Waals surface area contributed by atoms with Crippen molar-refractivity contribution in [2.24, 2.45) is 0 Å². The topological polar surface area (TPSA) is 56.2 Å². The molecule has 0 aliphatic carbocycles. The Kier molecular flexibility index (Phi) is 12.6. The molecule has 2 aromatic rings. The summed E-state index contributed by atoms with van der Waals surface area (Å²) in [6, 6.07) is 6.01. The van der Waals surface area contributed by atoms with Crippen LogP contribution in [0.2, 0.25) is 0 Å². The number of ether oxygens (including phenoxy) is 1. The highest BCUT2D eigenvalue weighted by Gasteiger charge is 2.39. The number of phenols is 1. The van der Waals surface area contributed by atoms with E-state index in [1.54, 1.807) is 25.1 Å². The quantitative estimate of drug-likeness (QED) is 0.382. The number of hydrogen-bond donors (Lipinski definition) is 1. The molecule has 43 heavy (non-hydrogen) atoms. The van der Waals surface area contributed by atoms with Crippen LogP contribution in [0.25, 0.3) is 0 Å². The van der Waals surface area contributed by atoms with E-state index in [2.05, 4.69) is 23.6 Å². The minimum Gasteiger partial charge on any atom is -0.508 e. The number of rotatable bonds is 6. The number of piperazine rings is 1. The zero-order valence-electron chi connectivity index (χ0n) is 24.0. The molecule has 2 saturated heterocycles. The molecule has 0 aromatic heterocycles. The van der Waals surface area contributed by atoms with E-state index >= 15 is 0 Å². The molecule has 14 heteroatoms. The van der Waals surface area contributed by atoms with E-state index < -0.39 is 41.0 Å². The zero-order valence-corrected chi connectivity index (χ0v) is 25.7. The van der Waals surface area contributed by atoms with Gasteiger partial charge in [-0.1, -0.05) is 12.1 Å². The van der Waals surface area contributed by atoms with Gasteiger partial charge in [-0.05, 0) is 62.6 Å². The third-order valence-corrected chi connectivity index (χ3v) is 7.93. The summed E-state index contributed by atoms with van der Waals surface area (Å²) < 4.78 is 86.5. The van der Waals surface area contributed by atoms with Crippen molar-refractivity contribution in [3.05, 3.63) is 64.2 Å². The lowest BCUT2D eigenvalue weighted by atomic mass is 9.98. The van der Waals surface area contributed by atoms with Crippen molar-refractivity contribution in [3.63, 3.8) is 0 Å². The molecule has 1 N–H and O–H groups in total. The third kappa shape index (κ3) is 9.13. The van der Waals surface area contributed by atoms with Crippen LogP contribution in [-0.2, 0) is 23.5 Å². The predicted molar refractivity (Wildman–Crippen MR) is 155 cm³/mol. The maximum Gasteiger partial charge on any atom is 0.416 e. The second kappa shape index (κ2) is 14.7. The van der Waals surface area contributed by atoms with Crippen LogP contribution >= 0.6 is 24.8 Å². The van der Waals surface area contributed by atoms with Crippen LogP contribution in [-0.4, -0.2) is 89.8 Å². The van der Waals surface area contributed by atoms with Gasteiger partial charge in [0.1, 0.15) is 5.75 Å². The molecular formula is C29H37Cl2F6N3O3. The Morgan fingerprint density at radius 2 is 1.49 bits per heavy atom. The molecule has 0 spiro atoms. The first-order valence-corrected chi connectivity index (χ1v) is 13.6. The Hall–Kier alpha value is -2.25. The molecule has 0 unspecified atom stereocenters. The number of carbonyl (C=O) groups excluding carboxylic acids is 1. The smallest absolute Gasteiger partial charge is 0.416 e. The van der Waals surface area contributed by atoms with Gasteiger partial charge in [0.2, 0.25) is 0 Å². The summed E-state index contributed by atoms with van der Waals surface area (Å²) in [4.78, 5) is 19.4. The van der Waals surface area contributed by atoms with E-state index in [0.717, 1.165) is 6.54 Å². The van der Waals surface area contributed by atoms with Gasteiger partial charge in [-0.2, -0.15) is 26.3 Å². The minimum absolute atomic E-state index is 0. The lowest BCUT2D eigenvalue weighted by Crippen LogP contribution is -2.58. The fourth-order valence-corrected chi connectivity index (χ4v) is 5.60. The molecular weight excluding hydrogens is 623 g/mol. The van der Waals surface area contributed by atoms with Crippen LogP contribution in [0, 0.1) is 6.92 Å². The van der Waals surface area contributed by atoms with Crippen LogP contribution in [0.1, 0.15) is 46.5 Å². The average molecular weight is 661 g/mol. The Balaban J connectivity index is 0.00000323. The molecule has 0 radical (unpaired) electrons. The molecule has 0 saturated carbocycles. The number of phenolic OH excluding ortho intramolecular Hbond substituents is 1. The third-order valence-electron chi connectivity index (χ3n) is 7.93. The van der Waals surface area contributed by atoms with E-state index in [9.17, 15) is 36.2 Å². The van der Waals surface area contributed by atoms with Gasteiger partial charge in [0.15, 0.2) is 0 Å². The summed E-state index contributed by atoms with van der Waals surface area (Å²) >= 11 is 0. The van der Waals surface area contributed by atoms with Gasteiger partial charge in [-0.25, -0.2) is 0 Å². The van der Waals surface area contributed by atoms with Crippen molar-refractivity contribution < 1.29 is 41.0 Å². The molecule has 2 aliphatic rings. The summed E-state index contributed by atoms with van der Waals surface area (Å²) in [5, 5.41) is 10.2. The number of morpholine rings is 1. The maximum atomic E-state index is 13.6. The highest BCUT2D eigenvalue weighted by atomic mass is 35.5. The number of aryl methyl sites for hydroxylation is 1. The molecule has 1 amide bonds. The molecule has 242 valence electrons. The number of aromatic hydroxyl groups is 1. The lowest BCUT2D eigenvalue weighted by Gasteiger charge is -2.44. The Morgan fingerprint density at radius 1 is 0.907 bits per heavy atom. The molecule has 2 fully saturated rings. The number of alkyl halides is 6. The maximum absolute atomic E-state index is 13.6. The number of hydrogen-bond acceptors (Lipinski definition) is 5. The molecule has 2 heterocycles. The number of benzene rings is 2. The SMILES string of the molecule is Cc1ccc(C[C@@H]2CN(CCN3[C@H](C)COC[C@@H]3C)CCN2C(=O)c2cc(C(F)(F)F)cc(C(F)(F)F)c2)cc1O.Cl.Cl. The van der Waals surface area contributed by atoms with Crippen molar-refractivity contribution in [2.75, 3.05) is 45.9 Å². The van der Waals surface area contributed by atoms with E-state index in [-0.39, 0.29) is 61.7 Å². The Bertz CT molecular complexity index is 1200. The van der Waals surface area contributed by atoms with Crippen LogP contribution in [0.15, 0.2) is 36.4 Å². The van der Waals surface area contributed by atoms with E-state index in [1.807, 2.05) is 0 Å². The fraction of sp³-hybridized carbons (Fsp3) is 0.552. The standard InChI is InChI=1S/C29H35F6N3O3.2ClH/c1-18-4-5-21(11-26(18)39)10-25-15-36(6-8-37-19(2)16-41-17-20(37)3)7-9-38(25)27(40)22-12-23(28(30,31)32)14-24(13-22)29(33,34)35;;/h4-5,11-14,19-20,25,39H,6-10,15-17H2,1-3H3;2*1H/t19-,20+,25-;;/m1../s1. The summed E-state index contributed by atoms with van der Waals surface area (Å²) in [7, 11) is 0. The van der Waals surface area contributed by atoms with Gasteiger partial charge < -0.3 is 14.7 Å². The Morgan fingerprint density at radius 3 is 2.02 bits per heavy atom. The molecule has 6 nitrogen and oxygen atoms in total. The van der Waals surface area contributed by atoms with Gasteiger partial charge >= 0.3 is 12.4 Å². The molecule has 3 atom stereocenters. The fourth-order valence-electron chi connectivity index (χ4n) is 5.60. The van der Waals surface area contributed by atoms with E-state index in [4.69, 9.17) is 4.74 Å². The predicted octanol–water partition coefficient (Wildman–Crippen LogP) is 6.06. The Labute approximate surface area is 259 Å². The van der Waals surface area contributed by atoms with Crippen LogP contribution in [0.3, 0.4) is 0 Å². The number of carbonyl (C=O) groups is 1. The number of halogens is 8. The molecule has 0 bridgehead atoms. The summed E-state index contributed by atoms with van der Waals surface area (Å²) in [5.41, 5.74) is -2.35. The monoisotopic (exact) mass is 659 g/mol. The van der Waals surface area contributed by atoms with Gasteiger partial charge in [-0.15, -0.1) is 24.8 Å². The van der Waals surface area contributed by atoms with Gasteiger partial charge in [0, 0.05) is 56.4 Å². The van der Waals surface area contributed by atoms with Crippen molar-refractivity contribution in [2.45, 2.75) is 57.7 Å². The summed E-state index contributed by atoms with van der Waals surface area (Å²) in [6.45, 7) is 9.51. The first kappa shape index (κ1) is 36.9. The summed E-state index contributed by atoms with van der Waals surface area (Å²) in [6.07, 6.45) is -9.84. The van der Waals surface area contributed by atoms with Crippen LogP contribution in [0.5, 0.6) is 5.75 Å². The second-order valence-electron chi connectivity index (χ2n) is 11.0. The largest absolute Gasteiger partial charge is 0.508 e. The first-order valence-electron chi connectivity index (χ1n) is 13.6. The van der Waals surface area contributed by atoms with Crippen molar-refractivity contribution in [3.8, 4) is 5.75 Å². The van der Waals surface area contributed by atoms with Crippen LogP contribution in [0.4, 0.5) is 26.3 Å². The second-order valence-corrected chi connectivity index (χ2v) is 11.0. The number of nitrogens with zero attached hydrogens (tertiary/aromatic N) is 3. The average Bonchev–Trinajstić information content (AvgIpc) is 2.89. The van der Waals surface area contributed by atoms with Gasteiger partial charge in [0.05, 0.1) is 24.3 Å². The molecule has 2 aliphatic heterocycles. The van der Waals surface area contributed by atoms with Gasteiger partial charge in [0.25, 0.3) is 5.91 Å². The highest BCUT2D eigenvalue weighted by Crippen LogP contribution is 2.37. The van der Waals surface area contributed by atoms with Gasteiger partial charge in [-0.3, -0.25) is 14.6 Å². The van der Waals surface area contributed by atoms with E-state index in [0.29, 0.717) is 56.1 Å². The lowest BCUT2D eigenvalue weighted by molar-refractivity contribution is -0.143. The number of amides is 1. The van der Waals surface area contributed by atoms with Crippen molar-refractivity contribution >= 4 is 30.7 Å². The first-order chi connectivity index (χ1) is 19.1. The highest BCUT2D eigenvalue weighted by molar-refractivity contribution is 5.95. The van der Waals surface area contributed by atoms with Crippen molar-refractivity contribution in [1.29, 1.82) is 0 Å². The molecule has 2 aromatic carbocycles. The minimum atomic E-state index is -5.05. The van der Waals surface area contributed by atoms with E-state index in [1.165, 1.54) is 4.90 Å². The molecule has 4 rings (SSSR count). The van der Waals surface area contributed by atoms with Crippen molar-refractivity contribution in [1.82, 2.24) is 14.7 Å². The zero-order chi connectivity index (χ0) is 30.1.